The fraction of sp³-hybridized carbons (Fsp3) is 0.286. The lowest BCUT2D eigenvalue weighted by Crippen LogP contribution is -2.24. The van der Waals surface area contributed by atoms with E-state index in [2.05, 4.69) is 20.6 Å². The number of rotatable bonds is 3. The van der Waals surface area contributed by atoms with Crippen LogP contribution in [0.25, 0.3) is 11.1 Å². The molecule has 0 bridgehead atoms. The third kappa shape index (κ3) is 2.37. The number of aryl methyl sites for hydroxylation is 3. The first kappa shape index (κ1) is 13.3. The van der Waals surface area contributed by atoms with E-state index in [0.717, 1.165) is 5.69 Å². The van der Waals surface area contributed by atoms with Crippen molar-refractivity contribution in [2.75, 3.05) is 0 Å². The van der Waals surface area contributed by atoms with E-state index < -0.39 is 0 Å². The van der Waals surface area contributed by atoms with Gasteiger partial charge in [-0.3, -0.25) is 9.48 Å². The molecule has 3 heterocycles. The second kappa shape index (κ2) is 5.01. The molecule has 1 N–H and O–H groups in total. The molecule has 108 valence electrons. The van der Waals surface area contributed by atoms with E-state index in [9.17, 15) is 4.79 Å². The van der Waals surface area contributed by atoms with Gasteiger partial charge in [-0.1, -0.05) is 5.16 Å². The number of nitrogens with one attached hydrogen (secondary N) is 1. The fourth-order valence-electron chi connectivity index (χ4n) is 2.24. The van der Waals surface area contributed by atoms with Gasteiger partial charge in [-0.2, -0.15) is 5.10 Å². The first-order valence-corrected chi connectivity index (χ1v) is 6.55. The molecule has 7 heteroatoms. The van der Waals surface area contributed by atoms with E-state index >= 15 is 0 Å². The Balaban J connectivity index is 1.91. The summed E-state index contributed by atoms with van der Waals surface area (Å²) >= 11 is 0. The summed E-state index contributed by atoms with van der Waals surface area (Å²) in [6, 6.07) is 3.60. The Morgan fingerprint density at radius 3 is 2.95 bits per heavy atom. The lowest BCUT2D eigenvalue weighted by molar-refractivity contribution is 0.0951. The maximum atomic E-state index is 12.4. The van der Waals surface area contributed by atoms with Gasteiger partial charge in [0.25, 0.3) is 11.6 Å². The number of hydrogen-bond donors (Lipinski definition) is 1. The third-order valence-corrected chi connectivity index (χ3v) is 3.34. The van der Waals surface area contributed by atoms with Gasteiger partial charge >= 0.3 is 0 Å². The van der Waals surface area contributed by atoms with Crippen LogP contribution in [0.15, 0.2) is 22.9 Å². The van der Waals surface area contributed by atoms with Gasteiger partial charge in [-0.05, 0) is 26.0 Å². The van der Waals surface area contributed by atoms with Gasteiger partial charge in [0, 0.05) is 18.9 Å². The van der Waals surface area contributed by atoms with Crippen molar-refractivity contribution in [3.63, 3.8) is 0 Å². The zero-order valence-electron chi connectivity index (χ0n) is 12.0. The minimum Gasteiger partial charge on any atom is -0.346 e. The first-order chi connectivity index (χ1) is 10.1. The van der Waals surface area contributed by atoms with E-state index in [1.54, 1.807) is 23.9 Å². The van der Waals surface area contributed by atoms with E-state index in [4.69, 9.17) is 4.52 Å². The molecule has 0 aromatic carbocycles. The van der Waals surface area contributed by atoms with Crippen molar-refractivity contribution in [2.45, 2.75) is 20.4 Å². The summed E-state index contributed by atoms with van der Waals surface area (Å²) < 4.78 is 6.86. The molecule has 3 aromatic rings. The van der Waals surface area contributed by atoms with Crippen molar-refractivity contribution < 1.29 is 9.32 Å². The second-order valence-corrected chi connectivity index (χ2v) is 4.89. The Morgan fingerprint density at radius 1 is 1.43 bits per heavy atom. The van der Waals surface area contributed by atoms with Crippen LogP contribution in [0, 0.1) is 13.8 Å². The highest BCUT2D eigenvalue weighted by Gasteiger charge is 2.17. The summed E-state index contributed by atoms with van der Waals surface area (Å²) in [6.07, 6.45) is 1.69. The summed E-state index contributed by atoms with van der Waals surface area (Å²) in [5.41, 5.74) is 3.21. The zero-order valence-corrected chi connectivity index (χ0v) is 12.0. The molecule has 0 saturated carbocycles. The van der Waals surface area contributed by atoms with Gasteiger partial charge in [-0.15, -0.1) is 0 Å². The minimum atomic E-state index is -0.182. The standard InChI is InChI=1S/C14H15N5O2/c1-8-6-11(12-9(2)18-21-14(12)17-8)13(20)15-7-10-4-5-16-19(10)3/h4-6H,7H2,1-3H3,(H,15,20). The van der Waals surface area contributed by atoms with Crippen LogP contribution in [0.5, 0.6) is 0 Å². The van der Waals surface area contributed by atoms with Crippen LogP contribution in [0.1, 0.15) is 27.4 Å². The molecule has 3 rings (SSSR count). The Morgan fingerprint density at radius 2 is 2.24 bits per heavy atom. The zero-order chi connectivity index (χ0) is 15.0. The van der Waals surface area contributed by atoms with Crippen molar-refractivity contribution >= 4 is 17.0 Å². The lowest BCUT2D eigenvalue weighted by Gasteiger charge is -2.07. The molecule has 0 aliphatic heterocycles. The normalized spacial score (nSPS) is 11.0. The quantitative estimate of drug-likeness (QED) is 0.788. The summed E-state index contributed by atoms with van der Waals surface area (Å²) in [7, 11) is 1.83. The number of carbonyl (C=O) groups is 1. The average Bonchev–Trinajstić information content (AvgIpc) is 3.02. The van der Waals surface area contributed by atoms with E-state index in [-0.39, 0.29) is 5.91 Å². The Bertz CT molecular complexity index is 818. The van der Waals surface area contributed by atoms with Gasteiger partial charge in [0.2, 0.25) is 0 Å². The molecule has 3 aromatic heterocycles. The molecule has 0 atom stereocenters. The van der Waals surface area contributed by atoms with Crippen LogP contribution in [0.3, 0.4) is 0 Å². The fourth-order valence-corrected chi connectivity index (χ4v) is 2.24. The predicted molar refractivity (Wildman–Crippen MR) is 75.7 cm³/mol. The summed E-state index contributed by atoms with van der Waals surface area (Å²) in [5.74, 6) is -0.182. The number of aromatic nitrogens is 4. The summed E-state index contributed by atoms with van der Waals surface area (Å²) in [4.78, 5) is 16.7. The molecule has 0 aliphatic carbocycles. The molecule has 0 spiro atoms. The molecule has 0 radical (unpaired) electrons. The van der Waals surface area contributed by atoms with Crippen molar-refractivity contribution in [3.05, 3.63) is 41.0 Å². The average molecular weight is 285 g/mol. The number of hydrogen-bond acceptors (Lipinski definition) is 5. The van der Waals surface area contributed by atoms with Gasteiger partial charge in [-0.25, -0.2) is 4.98 Å². The number of pyridine rings is 1. The number of fused-ring (bicyclic) bond motifs is 1. The van der Waals surface area contributed by atoms with Gasteiger partial charge in [0.05, 0.1) is 28.9 Å². The van der Waals surface area contributed by atoms with Gasteiger partial charge in [0.1, 0.15) is 0 Å². The second-order valence-electron chi connectivity index (χ2n) is 4.89. The minimum absolute atomic E-state index is 0.182. The van der Waals surface area contributed by atoms with E-state index in [1.807, 2.05) is 20.0 Å². The maximum absolute atomic E-state index is 12.4. The molecule has 0 fully saturated rings. The number of amides is 1. The topological polar surface area (TPSA) is 85.8 Å². The monoisotopic (exact) mass is 285 g/mol. The SMILES string of the molecule is Cc1cc(C(=O)NCc2ccnn2C)c2c(C)noc2n1. The Labute approximate surface area is 120 Å². The van der Waals surface area contributed by atoms with Crippen LogP contribution < -0.4 is 5.32 Å². The molecule has 0 saturated heterocycles. The molecule has 1 amide bonds. The largest absolute Gasteiger partial charge is 0.346 e. The molecule has 21 heavy (non-hydrogen) atoms. The van der Waals surface area contributed by atoms with Crippen LogP contribution in [-0.4, -0.2) is 25.8 Å². The van der Waals surface area contributed by atoms with Crippen molar-refractivity contribution in [2.24, 2.45) is 7.05 Å². The molecule has 0 aliphatic rings. The maximum Gasteiger partial charge on any atom is 0.258 e. The number of nitrogens with zero attached hydrogens (tertiary/aromatic N) is 4. The van der Waals surface area contributed by atoms with Crippen LogP contribution in [-0.2, 0) is 13.6 Å². The Kier molecular flexibility index (Phi) is 3.17. The highest BCUT2D eigenvalue weighted by Crippen LogP contribution is 2.21. The smallest absolute Gasteiger partial charge is 0.258 e. The lowest BCUT2D eigenvalue weighted by atomic mass is 10.1. The molecule has 0 unspecified atom stereocenters. The number of carbonyl (C=O) groups excluding carboxylic acids is 1. The van der Waals surface area contributed by atoms with Gasteiger partial charge < -0.3 is 9.84 Å². The highest BCUT2D eigenvalue weighted by molar-refractivity contribution is 6.05. The van der Waals surface area contributed by atoms with Crippen molar-refractivity contribution in [1.82, 2.24) is 25.2 Å². The molecular weight excluding hydrogens is 270 g/mol. The molecular formula is C14H15N5O2. The first-order valence-electron chi connectivity index (χ1n) is 6.55. The van der Waals surface area contributed by atoms with Crippen LogP contribution >= 0.6 is 0 Å². The van der Waals surface area contributed by atoms with Crippen molar-refractivity contribution in [3.8, 4) is 0 Å². The van der Waals surface area contributed by atoms with E-state index in [0.29, 0.717) is 34.6 Å². The van der Waals surface area contributed by atoms with Gasteiger partial charge in [0.15, 0.2) is 0 Å². The van der Waals surface area contributed by atoms with Crippen LogP contribution in [0.4, 0.5) is 0 Å². The summed E-state index contributed by atoms with van der Waals surface area (Å²) in [6.45, 7) is 4.01. The van der Waals surface area contributed by atoms with Crippen molar-refractivity contribution in [1.29, 1.82) is 0 Å². The van der Waals surface area contributed by atoms with Crippen LogP contribution in [0.2, 0.25) is 0 Å². The third-order valence-electron chi connectivity index (χ3n) is 3.34. The van der Waals surface area contributed by atoms with E-state index in [1.165, 1.54) is 0 Å². The summed E-state index contributed by atoms with van der Waals surface area (Å²) in [5, 5.41) is 11.5. The predicted octanol–water partition coefficient (Wildman–Crippen LogP) is 1.50. The highest BCUT2D eigenvalue weighted by atomic mass is 16.5. The Hall–Kier alpha value is -2.70. The molecule has 7 nitrogen and oxygen atoms in total.